The Morgan fingerprint density at radius 3 is 2.65 bits per heavy atom. The van der Waals surface area contributed by atoms with Gasteiger partial charge in [0.25, 0.3) is 5.91 Å². The minimum absolute atomic E-state index is 0.0733. The lowest BCUT2D eigenvalue weighted by molar-refractivity contribution is 0.0949. The maximum absolute atomic E-state index is 12.0. The zero-order valence-electron chi connectivity index (χ0n) is 11.4. The van der Waals surface area contributed by atoms with Crippen LogP contribution in [0.1, 0.15) is 29.3 Å². The fourth-order valence-corrected chi connectivity index (χ4v) is 2.79. The molecule has 1 amide bonds. The molecule has 0 spiro atoms. The summed E-state index contributed by atoms with van der Waals surface area (Å²) >= 11 is 0. The number of nitrogens with two attached hydrogens (primary N) is 1. The number of ether oxygens (including phenoxy) is 1. The highest BCUT2D eigenvalue weighted by atomic mass is 32.2. The van der Waals surface area contributed by atoms with Gasteiger partial charge in [-0.2, -0.15) is 0 Å². The molecular weight excluding hydrogens is 280 g/mol. The number of hydrogen-bond acceptors (Lipinski definition) is 4. The first-order chi connectivity index (χ1) is 9.32. The first-order valence-corrected chi connectivity index (χ1v) is 7.83. The fraction of sp³-hybridized carbons (Fsp3) is 0.462. The number of nitrogens with one attached hydrogen (secondary N) is 1. The van der Waals surface area contributed by atoms with E-state index in [2.05, 4.69) is 5.32 Å². The van der Waals surface area contributed by atoms with Crippen molar-refractivity contribution in [3.8, 4) is 0 Å². The number of sulfonamides is 1. The Morgan fingerprint density at radius 1 is 1.50 bits per heavy atom. The van der Waals surface area contributed by atoms with Gasteiger partial charge in [0, 0.05) is 18.7 Å². The number of benzene rings is 1. The SMILES string of the molecule is COCc1ccc(C(=O)NC2CC2C)cc1S(N)(=O)=O. The first-order valence-electron chi connectivity index (χ1n) is 6.28. The standard InChI is InChI=1S/C13H18N2O4S/c1-8-5-11(8)15-13(16)9-3-4-10(7-19-2)12(6-9)20(14,17)18/h3-4,6,8,11H,5,7H2,1-2H3,(H,15,16)(H2,14,17,18). The third kappa shape index (κ3) is 3.36. The molecule has 1 aromatic carbocycles. The first kappa shape index (κ1) is 15.0. The zero-order valence-corrected chi connectivity index (χ0v) is 12.2. The zero-order chi connectivity index (χ0) is 14.9. The molecular formula is C13H18N2O4S. The van der Waals surface area contributed by atoms with Gasteiger partial charge in [0.05, 0.1) is 11.5 Å². The molecule has 0 aromatic heterocycles. The van der Waals surface area contributed by atoms with Crippen LogP contribution in [0.4, 0.5) is 0 Å². The highest BCUT2D eigenvalue weighted by Gasteiger charge is 2.34. The van der Waals surface area contributed by atoms with E-state index in [1.807, 2.05) is 6.92 Å². The third-order valence-electron chi connectivity index (χ3n) is 3.36. The van der Waals surface area contributed by atoms with Gasteiger partial charge in [-0.05, 0) is 30.0 Å². The quantitative estimate of drug-likeness (QED) is 0.832. The Bertz CT molecular complexity index is 627. The number of primary sulfonamides is 1. The predicted molar refractivity (Wildman–Crippen MR) is 73.6 cm³/mol. The average Bonchev–Trinajstić information content (AvgIpc) is 3.04. The van der Waals surface area contributed by atoms with Crippen molar-refractivity contribution in [2.45, 2.75) is 30.9 Å². The summed E-state index contributed by atoms with van der Waals surface area (Å²) in [6.07, 6.45) is 0.954. The van der Waals surface area contributed by atoms with Crippen LogP contribution in [0.3, 0.4) is 0 Å². The van der Waals surface area contributed by atoms with Crippen molar-refractivity contribution in [3.63, 3.8) is 0 Å². The van der Waals surface area contributed by atoms with Gasteiger partial charge in [0.2, 0.25) is 10.0 Å². The monoisotopic (exact) mass is 298 g/mol. The van der Waals surface area contributed by atoms with E-state index < -0.39 is 10.0 Å². The van der Waals surface area contributed by atoms with Crippen LogP contribution in [-0.2, 0) is 21.4 Å². The van der Waals surface area contributed by atoms with Gasteiger partial charge < -0.3 is 10.1 Å². The molecule has 2 atom stereocenters. The largest absolute Gasteiger partial charge is 0.380 e. The van der Waals surface area contributed by atoms with Crippen LogP contribution in [-0.4, -0.2) is 27.5 Å². The number of carbonyl (C=O) groups excluding carboxylic acids is 1. The fourth-order valence-electron chi connectivity index (χ4n) is 2.01. The normalized spacial score (nSPS) is 21.6. The van der Waals surface area contributed by atoms with Crippen LogP contribution < -0.4 is 10.5 Å². The van der Waals surface area contributed by atoms with E-state index in [1.54, 1.807) is 12.1 Å². The smallest absolute Gasteiger partial charge is 0.251 e. The lowest BCUT2D eigenvalue weighted by Crippen LogP contribution is -2.27. The summed E-state index contributed by atoms with van der Waals surface area (Å²) in [5.74, 6) is 0.192. The van der Waals surface area contributed by atoms with Crippen molar-refractivity contribution in [1.82, 2.24) is 5.32 Å². The van der Waals surface area contributed by atoms with Gasteiger partial charge in [-0.3, -0.25) is 4.79 Å². The minimum Gasteiger partial charge on any atom is -0.380 e. The molecule has 0 heterocycles. The maximum Gasteiger partial charge on any atom is 0.251 e. The summed E-state index contributed by atoms with van der Waals surface area (Å²) in [5.41, 5.74) is 0.722. The summed E-state index contributed by atoms with van der Waals surface area (Å²) in [4.78, 5) is 11.9. The molecule has 2 unspecified atom stereocenters. The molecule has 3 N–H and O–H groups in total. The number of rotatable bonds is 5. The van der Waals surface area contributed by atoms with Crippen LogP contribution in [0.2, 0.25) is 0 Å². The number of hydrogen-bond donors (Lipinski definition) is 2. The molecule has 20 heavy (non-hydrogen) atoms. The second kappa shape index (κ2) is 5.51. The Hall–Kier alpha value is -1.44. The summed E-state index contributed by atoms with van der Waals surface area (Å²) in [6.45, 7) is 2.16. The molecule has 6 nitrogen and oxygen atoms in total. The number of amides is 1. The second-order valence-corrected chi connectivity index (χ2v) is 6.62. The molecule has 1 fully saturated rings. The van der Waals surface area contributed by atoms with Crippen molar-refractivity contribution in [3.05, 3.63) is 29.3 Å². The molecule has 1 saturated carbocycles. The average molecular weight is 298 g/mol. The lowest BCUT2D eigenvalue weighted by Gasteiger charge is -2.10. The van der Waals surface area contributed by atoms with Gasteiger partial charge in [-0.1, -0.05) is 13.0 Å². The van der Waals surface area contributed by atoms with E-state index in [-0.39, 0.29) is 29.0 Å². The highest BCUT2D eigenvalue weighted by molar-refractivity contribution is 7.89. The molecule has 0 bridgehead atoms. The van der Waals surface area contributed by atoms with Crippen molar-refractivity contribution in [2.75, 3.05) is 7.11 Å². The van der Waals surface area contributed by atoms with Crippen LogP contribution in [0, 0.1) is 5.92 Å². The van der Waals surface area contributed by atoms with Crippen molar-refractivity contribution in [1.29, 1.82) is 0 Å². The molecule has 0 saturated heterocycles. The van der Waals surface area contributed by atoms with Crippen LogP contribution in [0.5, 0.6) is 0 Å². The summed E-state index contributed by atoms with van der Waals surface area (Å²) < 4.78 is 28.1. The van der Waals surface area contributed by atoms with E-state index in [0.717, 1.165) is 6.42 Å². The van der Waals surface area contributed by atoms with Gasteiger partial charge in [0.1, 0.15) is 0 Å². The van der Waals surface area contributed by atoms with Gasteiger partial charge in [-0.15, -0.1) is 0 Å². The lowest BCUT2D eigenvalue weighted by atomic mass is 10.1. The molecule has 110 valence electrons. The van der Waals surface area contributed by atoms with Crippen molar-refractivity contribution < 1.29 is 17.9 Å². The van der Waals surface area contributed by atoms with Crippen LogP contribution >= 0.6 is 0 Å². The predicted octanol–water partition coefficient (Wildman–Crippen LogP) is 0.619. The van der Waals surface area contributed by atoms with E-state index >= 15 is 0 Å². The maximum atomic E-state index is 12.0. The van der Waals surface area contributed by atoms with Crippen molar-refractivity contribution >= 4 is 15.9 Å². The molecule has 2 rings (SSSR count). The molecule has 7 heteroatoms. The van der Waals surface area contributed by atoms with Crippen LogP contribution in [0.25, 0.3) is 0 Å². The Balaban J connectivity index is 2.29. The highest BCUT2D eigenvalue weighted by Crippen LogP contribution is 2.29. The second-order valence-electron chi connectivity index (χ2n) is 5.09. The van der Waals surface area contributed by atoms with Gasteiger partial charge in [0.15, 0.2) is 0 Å². The van der Waals surface area contributed by atoms with Gasteiger partial charge in [-0.25, -0.2) is 13.6 Å². The molecule has 0 aliphatic heterocycles. The Morgan fingerprint density at radius 2 is 2.15 bits per heavy atom. The summed E-state index contributed by atoms with van der Waals surface area (Å²) in [5, 5.41) is 8.02. The Labute approximate surface area is 118 Å². The topological polar surface area (TPSA) is 98.5 Å². The van der Waals surface area contributed by atoms with Crippen LogP contribution in [0.15, 0.2) is 23.1 Å². The van der Waals surface area contributed by atoms with E-state index in [0.29, 0.717) is 11.5 Å². The molecule has 0 radical (unpaired) electrons. The van der Waals surface area contributed by atoms with E-state index in [1.165, 1.54) is 13.2 Å². The Kier molecular flexibility index (Phi) is 4.12. The minimum atomic E-state index is -3.90. The van der Waals surface area contributed by atoms with E-state index in [4.69, 9.17) is 9.88 Å². The molecule has 1 aliphatic rings. The van der Waals surface area contributed by atoms with Crippen molar-refractivity contribution in [2.24, 2.45) is 11.1 Å². The molecule has 1 aromatic rings. The van der Waals surface area contributed by atoms with Gasteiger partial charge >= 0.3 is 0 Å². The van der Waals surface area contributed by atoms with E-state index in [9.17, 15) is 13.2 Å². The summed E-state index contributed by atoms with van der Waals surface area (Å²) in [7, 11) is -2.43. The summed E-state index contributed by atoms with van der Waals surface area (Å²) in [6, 6.07) is 4.60. The number of carbonyl (C=O) groups is 1. The number of methoxy groups -OCH3 is 1. The molecule has 1 aliphatic carbocycles. The third-order valence-corrected chi connectivity index (χ3v) is 4.35.